The minimum Gasteiger partial charge on any atom is -0.353 e. The molecule has 0 unspecified atom stereocenters. The number of nitrogens with one attached hydrogen (secondary N) is 1. The lowest BCUT2D eigenvalue weighted by molar-refractivity contribution is -0.127. The van der Waals surface area contributed by atoms with Crippen LogP contribution in [0.2, 0.25) is 5.02 Å². The van der Waals surface area contributed by atoms with E-state index >= 15 is 0 Å². The fraction of sp³-hybridized carbons (Fsp3) is 0.556. The van der Waals surface area contributed by atoms with Gasteiger partial charge in [0.05, 0.1) is 0 Å². The van der Waals surface area contributed by atoms with Crippen molar-refractivity contribution in [2.75, 3.05) is 27.7 Å². The third kappa shape index (κ3) is 7.40. The minimum atomic E-state index is -0.00289. The van der Waals surface area contributed by atoms with Crippen LogP contribution in [0.5, 0.6) is 0 Å². The molecule has 0 atom stereocenters. The largest absolute Gasteiger partial charge is 0.353 e. The Morgan fingerprint density at radius 2 is 1.96 bits per heavy atom. The maximum absolute atomic E-state index is 11.9. The predicted molar refractivity (Wildman–Crippen MR) is 115 cm³/mol. The lowest BCUT2D eigenvalue weighted by atomic mass is 10.2. The molecule has 1 aliphatic rings. The zero-order valence-corrected chi connectivity index (χ0v) is 18.3. The summed E-state index contributed by atoms with van der Waals surface area (Å²) in [6, 6.07) is 8.26. The summed E-state index contributed by atoms with van der Waals surface area (Å²) in [5.74, 6) is 0.772. The minimum absolute atomic E-state index is 0. The van der Waals surface area contributed by atoms with Crippen LogP contribution in [-0.2, 0) is 11.3 Å². The van der Waals surface area contributed by atoms with E-state index in [2.05, 4.69) is 10.3 Å². The summed E-state index contributed by atoms with van der Waals surface area (Å²) in [4.78, 5) is 20.0. The summed E-state index contributed by atoms with van der Waals surface area (Å²) in [7, 11) is 5.48. The Balaban J connectivity index is 0.00000312. The van der Waals surface area contributed by atoms with Gasteiger partial charge in [0, 0.05) is 38.8 Å². The molecule has 0 aliphatic heterocycles. The van der Waals surface area contributed by atoms with Crippen molar-refractivity contribution in [3.8, 4) is 0 Å². The smallest absolute Gasteiger partial charge is 0.243 e. The van der Waals surface area contributed by atoms with Gasteiger partial charge in [-0.1, -0.05) is 36.6 Å². The molecule has 1 N–H and O–H groups in total. The van der Waals surface area contributed by atoms with Gasteiger partial charge in [-0.2, -0.15) is 0 Å². The third-order valence-corrected chi connectivity index (χ3v) is 4.46. The molecule has 25 heavy (non-hydrogen) atoms. The second-order valence-corrected chi connectivity index (χ2v) is 6.98. The van der Waals surface area contributed by atoms with E-state index in [0.29, 0.717) is 12.6 Å². The fourth-order valence-electron chi connectivity index (χ4n) is 2.80. The maximum Gasteiger partial charge on any atom is 0.243 e. The van der Waals surface area contributed by atoms with Gasteiger partial charge < -0.3 is 15.1 Å². The molecule has 1 amide bonds. The number of hydrogen-bond acceptors (Lipinski definition) is 2. The molecular formula is C18H28ClIN4O. The molecule has 1 aromatic carbocycles. The number of carbonyl (C=O) groups is 1. The summed E-state index contributed by atoms with van der Waals surface area (Å²) in [6.45, 7) is 0.844. The Bertz CT molecular complexity index is 588. The number of likely N-dealkylation sites (N-methyl/N-ethyl adjacent to an activating group) is 1. The van der Waals surface area contributed by atoms with Crippen molar-refractivity contribution in [2.24, 2.45) is 4.99 Å². The van der Waals surface area contributed by atoms with Crippen LogP contribution in [0, 0.1) is 0 Å². The Kier molecular flexibility index (Phi) is 9.56. The molecule has 0 heterocycles. The van der Waals surface area contributed by atoms with E-state index in [-0.39, 0.29) is 36.4 Å². The number of nitrogens with zero attached hydrogens (tertiary/aromatic N) is 3. The molecule has 1 aliphatic carbocycles. The second kappa shape index (κ2) is 10.9. The molecule has 0 radical (unpaired) electrons. The molecule has 0 aromatic heterocycles. The van der Waals surface area contributed by atoms with Crippen LogP contribution in [0.25, 0.3) is 0 Å². The number of rotatable bonds is 5. The van der Waals surface area contributed by atoms with Crippen molar-refractivity contribution in [1.29, 1.82) is 0 Å². The number of aliphatic imine (C=N–C) groups is 1. The molecule has 0 bridgehead atoms. The fourth-order valence-corrected chi connectivity index (χ4v) is 3.01. The van der Waals surface area contributed by atoms with Crippen molar-refractivity contribution >= 4 is 47.4 Å². The normalized spacial score (nSPS) is 14.8. The summed E-state index contributed by atoms with van der Waals surface area (Å²) in [5.41, 5.74) is 1.12. The predicted octanol–water partition coefficient (Wildman–Crippen LogP) is 3.37. The Morgan fingerprint density at radius 1 is 1.28 bits per heavy atom. The van der Waals surface area contributed by atoms with Gasteiger partial charge in [0.1, 0.15) is 6.54 Å². The highest BCUT2D eigenvalue weighted by molar-refractivity contribution is 14.0. The zero-order chi connectivity index (χ0) is 17.5. The third-order valence-electron chi connectivity index (χ3n) is 4.22. The van der Waals surface area contributed by atoms with E-state index in [4.69, 9.17) is 11.6 Å². The van der Waals surface area contributed by atoms with Crippen LogP contribution in [0.3, 0.4) is 0 Å². The van der Waals surface area contributed by atoms with Crippen LogP contribution in [-0.4, -0.2) is 55.4 Å². The van der Waals surface area contributed by atoms with Crippen molar-refractivity contribution in [3.05, 3.63) is 34.9 Å². The van der Waals surface area contributed by atoms with Crippen molar-refractivity contribution in [3.63, 3.8) is 0 Å². The zero-order valence-electron chi connectivity index (χ0n) is 15.2. The average Bonchev–Trinajstić information content (AvgIpc) is 3.03. The molecule has 0 saturated heterocycles. The molecule has 1 aromatic rings. The molecule has 1 fully saturated rings. The number of guanidine groups is 1. The van der Waals surface area contributed by atoms with Crippen LogP contribution in [0.1, 0.15) is 31.2 Å². The van der Waals surface area contributed by atoms with Gasteiger partial charge >= 0.3 is 0 Å². The second-order valence-electron chi connectivity index (χ2n) is 6.54. The highest BCUT2D eigenvalue weighted by Gasteiger charge is 2.18. The molecule has 1 saturated carbocycles. The molecular weight excluding hydrogens is 451 g/mol. The Morgan fingerprint density at radius 3 is 2.56 bits per heavy atom. The number of hydrogen-bond donors (Lipinski definition) is 1. The van der Waals surface area contributed by atoms with Gasteiger partial charge in [-0.25, -0.2) is 4.99 Å². The number of benzene rings is 1. The van der Waals surface area contributed by atoms with Crippen LogP contribution in [0.4, 0.5) is 0 Å². The monoisotopic (exact) mass is 478 g/mol. The molecule has 0 spiro atoms. The Labute approximate surface area is 172 Å². The molecule has 2 rings (SSSR count). The first-order valence-corrected chi connectivity index (χ1v) is 8.80. The maximum atomic E-state index is 11.9. The van der Waals surface area contributed by atoms with E-state index < -0.39 is 0 Å². The first kappa shape index (κ1) is 22.0. The van der Waals surface area contributed by atoms with Crippen LogP contribution in [0.15, 0.2) is 29.3 Å². The molecule has 7 heteroatoms. The highest BCUT2D eigenvalue weighted by atomic mass is 127. The number of halogens is 2. The lowest BCUT2D eigenvalue weighted by Crippen LogP contribution is -2.43. The van der Waals surface area contributed by atoms with Crippen LogP contribution >= 0.6 is 35.6 Å². The summed E-state index contributed by atoms with van der Waals surface area (Å²) in [5, 5.41) is 4.24. The lowest BCUT2D eigenvalue weighted by Gasteiger charge is -2.25. The van der Waals surface area contributed by atoms with Crippen molar-refractivity contribution < 1.29 is 4.79 Å². The van der Waals surface area contributed by atoms with Gasteiger partial charge in [-0.05, 0) is 30.5 Å². The summed E-state index contributed by atoms with van der Waals surface area (Å²) in [6.07, 6.45) is 4.82. The quantitative estimate of drug-likeness (QED) is 0.401. The van der Waals surface area contributed by atoms with Crippen molar-refractivity contribution in [1.82, 2.24) is 15.1 Å². The van der Waals surface area contributed by atoms with Crippen LogP contribution < -0.4 is 5.32 Å². The number of carbonyl (C=O) groups excluding carboxylic acids is 1. The first-order valence-electron chi connectivity index (χ1n) is 8.42. The number of amides is 1. The van der Waals surface area contributed by atoms with E-state index in [1.54, 1.807) is 19.0 Å². The first-order chi connectivity index (χ1) is 11.5. The standard InChI is InChI=1S/C18H27ClN4O.HI/c1-22(2)17(24)12-20-18(21-16-9-4-5-10-16)23(3)13-14-7-6-8-15(19)11-14;/h6-8,11,16H,4-5,9-10,12-13H2,1-3H3,(H,20,21);1H. The highest BCUT2D eigenvalue weighted by Crippen LogP contribution is 2.18. The van der Waals surface area contributed by atoms with Gasteiger partial charge in [0.15, 0.2) is 5.96 Å². The Hall–Kier alpha value is -1.02. The van der Waals surface area contributed by atoms with Crippen molar-refractivity contribution in [2.45, 2.75) is 38.3 Å². The summed E-state index contributed by atoms with van der Waals surface area (Å²) < 4.78 is 0. The SMILES string of the molecule is CN(C)C(=O)CN=C(NC1CCCC1)N(C)Cc1cccc(Cl)c1.I. The van der Waals surface area contributed by atoms with E-state index in [1.807, 2.05) is 36.2 Å². The average molecular weight is 479 g/mol. The van der Waals surface area contributed by atoms with E-state index in [0.717, 1.165) is 29.4 Å². The van der Waals surface area contributed by atoms with E-state index in [1.165, 1.54) is 12.8 Å². The summed E-state index contributed by atoms with van der Waals surface area (Å²) >= 11 is 6.07. The van der Waals surface area contributed by atoms with Gasteiger partial charge in [-0.15, -0.1) is 24.0 Å². The molecule has 5 nitrogen and oxygen atoms in total. The van der Waals surface area contributed by atoms with Gasteiger partial charge in [-0.3, -0.25) is 4.79 Å². The van der Waals surface area contributed by atoms with Gasteiger partial charge in [0.2, 0.25) is 5.91 Å². The van der Waals surface area contributed by atoms with E-state index in [9.17, 15) is 4.79 Å². The van der Waals surface area contributed by atoms with Gasteiger partial charge in [0.25, 0.3) is 0 Å². The molecule has 140 valence electrons. The topological polar surface area (TPSA) is 47.9 Å².